The Kier molecular flexibility index (Phi) is 3.06. The van der Waals surface area contributed by atoms with Crippen molar-refractivity contribution >= 4 is 50.7 Å². The molecule has 17 heavy (non-hydrogen) atoms. The molecule has 0 bridgehead atoms. The summed E-state index contributed by atoms with van der Waals surface area (Å²) in [6.07, 6.45) is 0. The van der Waals surface area contributed by atoms with Crippen molar-refractivity contribution in [3.05, 3.63) is 59.2 Å². The van der Waals surface area contributed by atoms with Gasteiger partial charge in [-0.3, -0.25) is 0 Å². The van der Waals surface area contributed by atoms with Gasteiger partial charge in [0.05, 0.1) is 0 Å². The van der Waals surface area contributed by atoms with Gasteiger partial charge in [-0.1, -0.05) is 0 Å². The number of hydrogen-bond donors (Lipinski definition) is 1. The fourth-order valence-electron chi connectivity index (χ4n) is 1.79. The van der Waals surface area contributed by atoms with Crippen LogP contribution in [-0.2, 0) is 0 Å². The molecular weight excluding hydrogens is 341 g/mol. The third kappa shape index (κ3) is 2.19. The van der Waals surface area contributed by atoms with Crippen LogP contribution < -0.4 is 8.92 Å². The molecule has 0 atom stereocenters. The number of benzene rings is 2. The molecule has 0 unspecified atom stereocenters. The SMILES string of the molecule is Brc1[nH]c2ccccc2c1[Se]c1ccccc1. The van der Waals surface area contributed by atoms with Crippen LogP contribution in [0.5, 0.6) is 0 Å². The standard InChI is InChI=1S/C14H10BrNSe/c15-14-13(17-10-6-2-1-3-7-10)11-8-4-5-9-12(11)16-14/h1-9,16H. The van der Waals surface area contributed by atoms with Crippen molar-refractivity contribution in [3.63, 3.8) is 0 Å². The molecule has 3 rings (SSSR count). The quantitative estimate of drug-likeness (QED) is 0.684. The normalized spacial score (nSPS) is 10.9. The van der Waals surface area contributed by atoms with Gasteiger partial charge in [0.1, 0.15) is 0 Å². The summed E-state index contributed by atoms with van der Waals surface area (Å²) in [5, 5.41) is 1.32. The summed E-state index contributed by atoms with van der Waals surface area (Å²) in [6, 6.07) is 19.1. The van der Waals surface area contributed by atoms with Crippen LogP contribution in [0, 0.1) is 0 Å². The van der Waals surface area contributed by atoms with Crippen molar-refractivity contribution < 1.29 is 0 Å². The molecule has 1 aromatic heterocycles. The predicted molar refractivity (Wildman–Crippen MR) is 77.5 cm³/mol. The van der Waals surface area contributed by atoms with Crippen molar-refractivity contribution in [2.24, 2.45) is 0 Å². The van der Waals surface area contributed by atoms with Crippen molar-refractivity contribution in [1.82, 2.24) is 4.98 Å². The minimum atomic E-state index is 0.333. The van der Waals surface area contributed by atoms with Gasteiger partial charge in [-0.25, -0.2) is 0 Å². The van der Waals surface area contributed by atoms with Crippen molar-refractivity contribution in [2.75, 3.05) is 0 Å². The summed E-state index contributed by atoms with van der Waals surface area (Å²) in [5.41, 5.74) is 1.20. The average molecular weight is 351 g/mol. The molecule has 0 spiro atoms. The number of aromatic amines is 1. The molecule has 84 valence electrons. The van der Waals surface area contributed by atoms with Gasteiger partial charge in [0, 0.05) is 0 Å². The first-order valence-corrected chi connectivity index (χ1v) is 7.84. The van der Waals surface area contributed by atoms with E-state index in [1.807, 2.05) is 0 Å². The van der Waals surface area contributed by atoms with Crippen LogP contribution in [0.3, 0.4) is 0 Å². The Morgan fingerprint density at radius 2 is 1.59 bits per heavy atom. The Labute approximate surface area is 115 Å². The Hall–Kier alpha value is -1.02. The molecule has 0 aliphatic carbocycles. The molecule has 0 saturated carbocycles. The number of nitrogens with one attached hydrogen (secondary N) is 1. The number of halogens is 1. The third-order valence-electron chi connectivity index (χ3n) is 2.58. The van der Waals surface area contributed by atoms with E-state index in [-0.39, 0.29) is 0 Å². The van der Waals surface area contributed by atoms with E-state index in [9.17, 15) is 0 Å². The Morgan fingerprint density at radius 1 is 0.882 bits per heavy atom. The summed E-state index contributed by atoms with van der Waals surface area (Å²) >= 11 is 3.96. The van der Waals surface area contributed by atoms with Crippen LogP contribution in [0.4, 0.5) is 0 Å². The predicted octanol–water partition coefficient (Wildman–Crippen LogP) is 2.59. The van der Waals surface area contributed by atoms with Crippen LogP contribution in [-0.4, -0.2) is 19.9 Å². The number of fused-ring (bicyclic) bond motifs is 1. The summed E-state index contributed by atoms with van der Waals surface area (Å²) < 4.78 is 3.90. The van der Waals surface area contributed by atoms with E-state index in [4.69, 9.17) is 0 Å². The van der Waals surface area contributed by atoms with Gasteiger partial charge in [0.25, 0.3) is 0 Å². The Balaban J connectivity index is 2.08. The molecule has 0 saturated heterocycles. The monoisotopic (exact) mass is 351 g/mol. The Bertz CT molecular complexity index is 646. The number of H-pyrrole nitrogens is 1. The topological polar surface area (TPSA) is 15.8 Å². The summed E-state index contributed by atoms with van der Waals surface area (Å²) in [7, 11) is 0. The molecule has 0 radical (unpaired) electrons. The van der Waals surface area contributed by atoms with Crippen LogP contribution >= 0.6 is 15.9 Å². The first-order chi connectivity index (χ1) is 8.34. The fraction of sp³-hybridized carbons (Fsp3) is 0. The van der Waals surface area contributed by atoms with Crippen LogP contribution in [0.25, 0.3) is 10.9 Å². The van der Waals surface area contributed by atoms with Gasteiger partial charge in [0.15, 0.2) is 0 Å². The summed E-state index contributed by atoms with van der Waals surface area (Å²) in [5.74, 6) is 0. The number of aromatic nitrogens is 1. The molecular formula is C14H10BrNSe. The van der Waals surface area contributed by atoms with Gasteiger partial charge in [-0.15, -0.1) is 0 Å². The minimum absolute atomic E-state index is 0.333. The van der Waals surface area contributed by atoms with Gasteiger partial charge < -0.3 is 0 Å². The summed E-state index contributed by atoms with van der Waals surface area (Å²) in [4.78, 5) is 3.38. The Morgan fingerprint density at radius 3 is 2.41 bits per heavy atom. The zero-order chi connectivity index (χ0) is 11.7. The van der Waals surface area contributed by atoms with E-state index < -0.39 is 0 Å². The van der Waals surface area contributed by atoms with Crippen molar-refractivity contribution in [3.8, 4) is 0 Å². The van der Waals surface area contributed by atoms with Crippen molar-refractivity contribution in [1.29, 1.82) is 0 Å². The zero-order valence-corrected chi connectivity index (χ0v) is 12.3. The van der Waals surface area contributed by atoms with Gasteiger partial charge in [-0.05, 0) is 0 Å². The molecule has 0 aliphatic heterocycles. The molecule has 1 nitrogen and oxygen atoms in total. The second-order valence-corrected chi connectivity index (χ2v) is 6.80. The first-order valence-electron chi connectivity index (χ1n) is 5.34. The molecule has 1 heterocycles. The average Bonchev–Trinajstić information content (AvgIpc) is 2.68. The first kappa shape index (κ1) is 11.1. The molecule has 1 N–H and O–H groups in total. The second kappa shape index (κ2) is 4.69. The van der Waals surface area contributed by atoms with Gasteiger partial charge in [-0.2, -0.15) is 0 Å². The summed E-state index contributed by atoms with van der Waals surface area (Å²) in [6.45, 7) is 0. The molecule has 3 aromatic rings. The van der Waals surface area contributed by atoms with E-state index in [0.29, 0.717) is 15.0 Å². The zero-order valence-electron chi connectivity index (χ0n) is 8.98. The number of para-hydroxylation sites is 1. The van der Waals surface area contributed by atoms with E-state index in [1.165, 1.54) is 19.8 Å². The molecule has 3 heteroatoms. The number of rotatable bonds is 2. The van der Waals surface area contributed by atoms with Crippen LogP contribution in [0.1, 0.15) is 0 Å². The van der Waals surface area contributed by atoms with Gasteiger partial charge in [0.2, 0.25) is 0 Å². The van der Waals surface area contributed by atoms with Gasteiger partial charge >= 0.3 is 115 Å². The number of hydrogen-bond acceptors (Lipinski definition) is 0. The van der Waals surface area contributed by atoms with E-state index in [1.54, 1.807) is 0 Å². The maximum absolute atomic E-state index is 3.63. The van der Waals surface area contributed by atoms with Crippen LogP contribution in [0.2, 0.25) is 0 Å². The molecule has 0 fully saturated rings. The van der Waals surface area contributed by atoms with E-state index >= 15 is 0 Å². The van der Waals surface area contributed by atoms with Crippen molar-refractivity contribution in [2.45, 2.75) is 0 Å². The fourth-order valence-corrected chi connectivity index (χ4v) is 4.65. The molecule has 0 amide bonds. The van der Waals surface area contributed by atoms with Crippen LogP contribution in [0.15, 0.2) is 59.2 Å². The molecule has 0 aliphatic rings. The second-order valence-electron chi connectivity index (χ2n) is 3.73. The van der Waals surface area contributed by atoms with E-state index in [2.05, 4.69) is 75.5 Å². The third-order valence-corrected chi connectivity index (χ3v) is 6.15. The molecule has 2 aromatic carbocycles. The van der Waals surface area contributed by atoms with E-state index in [0.717, 1.165) is 4.60 Å². The maximum atomic E-state index is 3.63.